The fraction of sp³-hybridized carbons (Fsp3) is 0. The summed E-state index contributed by atoms with van der Waals surface area (Å²) >= 11 is 0.847. The molecular formula is H7Cl4O2Zn. The zero-order valence-corrected chi connectivity index (χ0v) is 9.48. The van der Waals surface area contributed by atoms with Gasteiger partial charge in [0.2, 0.25) is 0 Å². The van der Waals surface area contributed by atoms with Crippen LogP contribution in [0.15, 0.2) is 0 Å². The fourth-order valence-corrected chi connectivity index (χ4v) is 0. The molecular weight excluding hydrogens is 239 g/mol. The average Bonchev–Trinajstić information content (AvgIpc) is 1.00. The first-order valence-corrected chi connectivity index (χ1v) is 4.17. The van der Waals surface area contributed by atoms with E-state index in [0.717, 1.165) is 17.3 Å². The molecule has 0 rings (SSSR count). The predicted octanol–water partition coefficient (Wildman–Crippen LogP) is 0.303. The number of hydrogen-bond acceptors (Lipinski definition) is 0. The third-order valence-corrected chi connectivity index (χ3v) is 0. The zero-order valence-electron chi connectivity index (χ0n) is 3.31. The summed E-state index contributed by atoms with van der Waals surface area (Å²) in [5.41, 5.74) is 0. The molecule has 0 heterocycles. The Morgan fingerprint density at radius 2 is 0.714 bits per heavy atom. The molecule has 7 heavy (non-hydrogen) atoms. The molecule has 0 aliphatic carbocycles. The summed E-state index contributed by atoms with van der Waals surface area (Å²) in [6, 6.07) is 0. The SMILES string of the molecule is Cl.Cl.Cl.O.O.[Cl][Zn]. The molecule has 0 aromatic carbocycles. The summed E-state index contributed by atoms with van der Waals surface area (Å²) in [5.74, 6) is 0. The van der Waals surface area contributed by atoms with E-state index in [1.807, 2.05) is 0 Å². The minimum absolute atomic E-state index is 0. The van der Waals surface area contributed by atoms with Crippen LogP contribution < -0.4 is 0 Å². The molecule has 0 aromatic rings. The zero-order chi connectivity index (χ0) is 2.00. The summed E-state index contributed by atoms with van der Waals surface area (Å²) in [6.45, 7) is 0. The second-order valence-electron chi connectivity index (χ2n) is 0. The first-order valence-electron chi connectivity index (χ1n) is 0.267. The van der Waals surface area contributed by atoms with E-state index in [2.05, 4.69) is 0 Å². The molecule has 0 spiro atoms. The van der Waals surface area contributed by atoms with Crippen LogP contribution in [0.3, 0.4) is 0 Å². The molecule has 0 saturated heterocycles. The van der Waals surface area contributed by atoms with Gasteiger partial charge in [0, 0.05) is 0 Å². The second-order valence-corrected chi connectivity index (χ2v) is 0. The molecule has 0 aliphatic heterocycles. The fourth-order valence-electron chi connectivity index (χ4n) is 0. The summed E-state index contributed by atoms with van der Waals surface area (Å²) < 4.78 is 0. The van der Waals surface area contributed by atoms with E-state index >= 15 is 0 Å². The predicted molar refractivity (Wildman–Crippen MR) is 34.8 cm³/mol. The van der Waals surface area contributed by atoms with Gasteiger partial charge in [-0.3, -0.25) is 0 Å². The van der Waals surface area contributed by atoms with Gasteiger partial charge in [-0.25, -0.2) is 0 Å². The summed E-state index contributed by atoms with van der Waals surface area (Å²) in [5, 5.41) is 0. The molecule has 0 aliphatic rings. The normalized spacial score (nSPS) is 1.00. The van der Waals surface area contributed by atoms with Gasteiger partial charge < -0.3 is 11.0 Å². The summed E-state index contributed by atoms with van der Waals surface area (Å²) in [6.07, 6.45) is 0. The van der Waals surface area contributed by atoms with Crippen molar-refractivity contribution in [1.29, 1.82) is 0 Å². The third kappa shape index (κ3) is 86.4. The Balaban J connectivity index is -0.000000000500. The first kappa shape index (κ1) is 70.7. The van der Waals surface area contributed by atoms with Crippen molar-refractivity contribution in [2.24, 2.45) is 0 Å². The first-order chi connectivity index (χ1) is 1.00. The average molecular weight is 246 g/mol. The number of rotatable bonds is 0. The van der Waals surface area contributed by atoms with Crippen LogP contribution in [0.2, 0.25) is 0 Å². The van der Waals surface area contributed by atoms with Gasteiger partial charge in [0.15, 0.2) is 0 Å². The summed E-state index contributed by atoms with van der Waals surface area (Å²) in [4.78, 5) is 0. The van der Waals surface area contributed by atoms with Crippen LogP contribution in [0, 0.1) is 0 Å². The van der Waals surface area contributed by atoms with E-state index < -0.39 is 0 Å². The Hall–Kier alpha value is 1.70. The van der Waals surface area contributed by atoms with Crippen LogP contribution in [0.5, 0.6) is 0 Å². The van der Waals surface area contributed by atoms with Crippen molar-refractivity contribution in [2.75, 3.05) is 0 Å². The molecule has 0 aromatic heterocycles. The van der Waals surface area contributed by atoms with Crippen molar-refractivity contribution >= 4 is 46.9 Å². The van der Waals surface area contributed by atoms with Gasteiger partial charge in [-0.05, 0) is 0 Å². The van der Waals surface area contributed by atoms with E-state index in [9.17, 15) is 0 Å². The molecule has 0 bridgehead atoms. The van der Waals surface area contributed by atoms with Crippen LogP contribution in [0.4, 0.5) is 0 Å². The topological polar surface area (TPSA) is 63.0 Å². The van der Waals surface area contributed by atoms with Crippen LogP contribution >= 0.6 is 46.9 Å². The molecule has 0 unspecified atom stereocenters. The van der Waals surface area contributed by atoms with Crippen LogP contribution in [0.1, 0.15) is 0 Å². The van der Waals surface area contributed by atoms with Crippen molar-refractivity contribution in [3.63, 3.8) is 0 Å². The van der Waals surface area contributed by atoms with Crippen molar-refractivity contribution in [2.45, 2.75) is 0 Å². The molecule has 0 fully saturated rings. The standard InChI is InChI=1S/4ClH.2H2O.Zn/h4*1H;2*1H2;/q;;;;;;+1/p-1. The van der Waals surface area contributed by atoms with E-state index in [4.69, 9.17) is 9.69 Å². The Labute approximate surface area is 74.9 Å². The Morgan fingerprint density at radius 1 is 0.714 bits per heavy atom. The Kier molecular flexibility index (Phi) is 1200. The molecule has 0 radical (unpaired) electrons. The molecule has 0 atom stereocenters. The number of halogens is 4. The maximum absolute atomic E-state index is 4.76. The van der Waals surface area contributed by atoms with Crippen molar-refractivity contribution in [3.8, 4) is 0 Å². The van der Waals surface area contributed by atoms with E-state index in [1.165, 1.54) is 0 Å². The number of hydrogen-bond donors (Lipinski definition) is 0. The molecule has 7 heteroatoms. The molecule has 0 amide bonds. The van der Waals surface area contributed by atoms with Crippen molar-refractivity contribution in [3.05, 3.63) is 0 Å². The van der Waals surface area contributed by atoms with Gasteiger partial charge in [0.1, 0.15) is 0 Å². The molecule has 0 saturated carbocycles. The quantitative estimate of drug-likeness (QED) is 0.552. The maximum atomic E-state index is 4.76. The van der Waals surface area contributed by atoms with Crippen LogP contribution in [-0.2, 0) is 17.3 Å². The molecule has 4 N–H and O–H groups in total. The van der Waals surface area contributed by atoms with Crippen molar-refractivity contribution in [1.82, 2.24) is 0 Å². The van der Waals surface area contributed by atoms with Gasteiger partial charge in [-0.1, -0.05) is 0 Å². The Morgan fingerprint density at radius 3 is 0.714 bits per heavy atom. The molecule has 49 valence electrons. The molecule has 2 nitrogen and oxygen atoms in total. The van der Waals surface area contributed by atoms with Gasteiger partial charge in [0.25, 0.3) is 0 Å². The van der Waals surface area contributed by atoms with E-state index in [1.54, 1.807) is 0 Å². The third-order valence-electron chi connectivity index (χ3n) is 0. The van der Waals surface area contributed by atoms with Crippen LogP contribution in [0.25, 0.3) is 0 Å². The van der Waals surface area contributed by atoms with Crippen LogP contribution in [-0.4, -0.2) is 11.0 Å². The van der Waals surface area contributed by atoms with E-state index in [0.29, 0.717) is 0 Å². The van der Waals surface area contributed by atoms with Gasteiger partial charge in [0.05, 0.1) is 0 Å². The minimum atomic E-state index is 0. The monoisotopic (exact) mass is 243 g/mol. The van der Waals surface area contributed by atoms with Gasteiger partial charge in [-0.2, -0.15) is 0 Å². The Bertz CT molecular complexity index is 9.65. The van der Waals surface area contributed by atoms with E-state index in [-0.39, 0.29) is 48.2 Å². The van der Waals surface area contributed by atoms with Gasteiger partial charge >= 0.3 is 27.0 Å². The second kappa shape index (κ2) is 119. The summed E-state index contributed by atoms with van der Waals surface area (Å²) in [7, 11) is 4.76. The van der Waals surface area contributed by atoms with Gasteiger partial charge in [-0.15, -0.1) is 37.2 Å². The van der Waals surface area contributed by atoms with Crippen molar-refractivity contribution < 1.29 is 28.3 Å².